The summed E-state index contributed by atoms with van der Waals surface area (Å²) in [5, 5.41) is 12.9. The summed E-state index contributed by atoms with van der Waals surface area (Å²) < 4.78 is 43.7. The van der Waals surface area contributed by atoms with Gasteiger partial charge >= 0.3 is 6.18 Å². The fraction of sp³-hybridized carbons (Fsp3) is 0.118. The highest BCUT2D eigenvalue weighted by Crippen LogP contribution is 2.36. The van der Waals surface area contributed by atoms with Gasteiger partial charge < -0.3 is 9.95 Å². The molecule has 2 N–H and O–H groups in total. The van der Waals surface area contributed by atoms with E-state index in [0.29, 0.717) is 11.0 Å². The standard InChI is InChI=1S/C17H10ClF3N4O2/c18-12-6-5-9(7-11(12)17(19,20)21)23-24-13(8-22)16(26)15-10-3-1-2-4-14(10)27-25-15/h1-7,13,23-24H. The molecule has 0 fully saturated rings. The molecular weight excluding hydrogens is 385 g/mol. The summed E-state index contributed by atoms with van der Waals surface area (Å²) in [6.45, 7) is 0. The maximum Gasteiger partial charge on any atom is 0.417 e. The van der Waals surface area contributed by atoms with E-state index in [-0.39, 0.29) is 11.4 Å². The van der Waals surface area contributed by atoms with Gasteiger partial charge in [-0.1, -0.05) is 28.9 Å². The topological polar surface area (TPSA) is 91.0 Å². The average molecular weight is 395 g/mol. The number of Topliss-reactive ketones (excluding diaryl/α,β-unsaturated/α-hetero) is 1. The first-order valence-corrected chi connectivity index (χ1v) is 7.85. The van der Waals surface area contributed by atoms with Crippen LogP contribution in [0.25, 0.3) is 11.0 Å². The van der Waals surface area contributed by atoms with Crippen LogP contribution in [0.3, 0.4) is 0 Å². The first-order valence-electron chi connectivity index (χ1n) is 7.48. The number of hydrogen-bond donors (Lipinski definition) is 2. The molecular formula is C17H10ClF3N4O2. The molecule has 0 spiro atoms. The highest BCUT2D eigenvalue weighted by molar-refractivity contribution is 6.31. The van der Waals surface area contributed by atoms with Crippen LogP contribution in [0.5, 0.6) is 0 Å². The Morgan fingerprint density at radius 3 is 2.70 bits per heavy atom. The molecule has 1 aromatic heterocycles. The van der Waals surface area contributed by atoms with Crippen LogP contribution in [0.1, 0.15) is 16.1 Å². The second-order valence-corrected chi connectivity index (χ2v) is 5.82. The highest BCUT2D eigenvalue weighted by atomic mass is 35.5. The third-order valence-corrected chi connectivity index (χ3v) is 3.96. The van der Waals surface area contributed by atoms with Crippen LogP contribution < -0.4 is 10.9 Å². The zero-order valence-corrected chi connectivity index (χ0v) is 14.1. The maximum atomic E-state index is 12.9. The van der Waals surface area contributed by atoms with E-state index in [1.807, 2.05) is 0 Å². The maximum absolute atomic E-state index is 12.9. The van der Waals surface area contributed by atoms with E-state index >= 15 is 0 Å². The van der Waals surface area contributed by atoms with Crippen LogP contribution in [0, 0.1) is 11.3 Å². The molecule has 1 atom stereocenters. The van der Waals surface area contributed by atoms with E-state index in [2.05, 4.69) is 16.0 Å². The minimum Gasteiger partial charge on any atom is -0.356 e. The monoisotopic (exact) mass is 394 g/mol. The van der Waals surface area contributed by atoms with Gasteiger partial charge in [-0.25, -0.2) is 5.43 Å². The number of para-hydroxylation sites is 1. The van der Waals surface area contributed by atoms with Crippen molar-refractivity contribution in [1.82, 2.24) is 10.6 Å². The summed E-state index contributed by atoms with van der Waals surface area (Å²) in [4.78, 5) is 12.5. The van der Waals surface area contributed by atoms with E-state index in [0.717, 1.165) is 12.1 Å². The van der Waals surface area contributed by atoms with Gasteiger partial charge in [-0.2, -0.15) is 18.4 Å². The number of anilines is 1. The summed E-state index contributed by atoms with van der Waals surface area (Å²) >= 11 is 5.55. The second-order valence-electron chi connectivity index (χ2n) is 5.42. The summed E-state index contributed by atoms with van der Waals surface area (Å²) in [5.74, 6) is -0.694. The van der Waals surface area contributed by atoms with E-state index in [4.69, 9.17) is 16.1 Å². The molecule has 2 aromatic carbocycles. The van der Waals surface area contributed by atoms with Gasteiger partial charge in [0.05, 0.1) is 22.0 Å². The lowest BCUT2D eigenvalue weighted by Gasteiger charge is -2.14. The number of rotatable bonds is 5. The Morgan fingerprint density at radius 1 is 1.26 bits per heavy atom. The predicted molar refractivity (Wildman–Crippen MR) is 91.0 cm³/mol. The molecule has 1 heterocycles. The number of alkyl halides is 3. The molecule has 1 unspecified atom stereocenters. The molecule has 3 rings (SSSR count). The molecule has 0 aliphatic carbocycles. The quantitative estimate of drug-likeness (QED) is 0.498. The van der Waals surface area contributed by atoms with Gasteiger partial charge in [-0.05, 0) is 30.3 Å². The van der Waals surface area contributed by atoms with Gasteiger partial charge in [0.1, 0.15) is 0 Å². The minimum atomic E-state index is -4.64. The third kappa shape index (κ3) is 3.86. The lowest BCUT2D eigenvalue weighted by Crippen LogP contribution is -2.39. The fourth-order valence-corrected chi connectivity index (χ4v) is 2.56. The van der Waals surface area contributed by atoms with Gasteiger partial charge in [0, 0.05) is 5.69 Å². The number of hydrogen-bond acceptors (Lipinski definition) is 6. The van der Waals surface area contributed by atoms with Crippen molar-refractivity contribution in [1.29, 1.82) is 5.26 Å². The number of benzene rings is 2. The number of ketones is 1. The van der Waals surface area contributed by atoms with Gasteiger partial charge in [0.2, 0.25) is 5.78 Å². The second kappa shape index (κ2) is 7.26. The van der Waals surface area contributed by atoms with E-state index in [1.165, 1.54) is 6.07 Å². The molecule has 6 nitrogen and oxygen atoms in total. The number of nitrogens with one attached hydrogen (secondary N) is 2. The molecule has 27 heavy (non-hydrogen) atoms. The Balaban J connectivity index is 1.78. The van der Waals surface area contributed by atoms with Crippen molar-refractivity contribution in [3.63, 3.8) is 0 Å². The Bertz CT molecular complexity index is 1040. The van der Waals surface area contributed by atoms with Crippen molar-refractivity contribution in [3.8, 4) is 6.07 Å². The molecule has 0 aliphatic rings. The number of nitriles is 1. The van der Waals surface area contributed by atoms with Crippen LogP contribution in [0.4, 0.5) is 18.9 Å². The summed E-state index contributed by atoms with van der Waals surface area (Å²) in [6.07, 6.45) is -4.64. The van der Waals surface area contributed by atoms with Gasteiger partial charge in [0.15, 0.2) is 17.3 Å². The van der Waals surface area contributed by atoms with E-state index in [9.17, 15) is 23.2 Å². The van der Waals surface area contributed by atoms with Crippen LogP contribution in [-0.2, 0) is 6.18 Å². The molecule has 3 aromatic rings. The number of carbonyl (C=O) groups excluding carboxylic acids is 1. The molecule has 0 aliphatic heterocycles. The summed E-state index contributed by atoms with van der Waals surface area (Å²) in [5.41, 5.74) is 4.05. The fourth-order valence-electron chi connectivity index (χ4n) is 2.33. The van der Waals surface area contributed by atoms with Crippen molar-refractivity contribution < 1.29 is 22.5 Å². The Kier molecular flexibility index (Phi) is 5.03. The number of hydrazine groups is 1. The van der Waals surface area contributed by atoms with Crippen LogP contribution in [0.2, 0.25) is 5.02 Å². The predicted octanol–water partition coefficient (Wildman–Crippen LogP) is 4.19. The molecule has 138 valence electrons. The number of aromatic nitrogens is 1. The van der Waals surface area contributed by atoms with Crippen molar-refractivity contribution in [3.05, 3.63) is 58.7 Å². The van der Waals surface area contributed by atoms with Crippen molar-refractivity contribution in [2.45, 2.75) is 12.2 Å². The molecule has 0 saturated heterocycles. The summed E-state index contributed by atoms with van der Waals surface area (Å²) in [6, 6.07) is 10.00. The Hall–Kier alpha value is -3.09. The molecule has 10 heteroatoms. The Morgan fingerprint density at radius 2 is 2.00 bits per heavy atom. The van der Waals surface area contributed by atoms with E-state index in [1.54, 1.807) is 30.3 Å². The number of carbonyl (C=O) groups is 1. The first kappa shape index (κ1) is 18.7. The molecule has 0 saturated carbocycles. The van der Waals surface area contributed by atoms with Crippen LogP contribution in [0.15, 0.2) is 47.0 Å². The lowest BCUT2D eigenvalue weighted by molar-refractivity contribution is -0.137. The molecule has 0 amide bonds. The highest BCUT2D eigenvalue weighted by Gasteiger charge is 2.33. The van der Waals surface area contributed by atoms with Crippen LogP contribution in [-0.4, -0.2) is 17.0 Å². The minimum absolute atomic E-state index is 0.0233. The number of halogens is 4. The smallest absolute Gasteiger partial charge is 0.356 e. The normalized spacial score (nSPS) is 12.6. The SMILES string of the molecule is N#CC(NNc1ccc(Cl)c(C(F)(F)F)c1)C(=O)c1noc2ccccc12. The number of fused-ring (bicyclic) bond motifs is 1. The van der Waals surface area contributed by atoms with E-state index < -0.39 is 28.6 Å². The van der Waals surface area contributed by atoms with Gasteiger partial charge in [0.25, 0.3) is 0 Å². The molecule has 0 radical (unpaired) electrons. The number of nitrogens with zero attached hydrogens (tertiary/aromatic N) is 2. The van der Waals surface area contributed by atoms with Crippen LogP contribution >= 0.6 is 11.6 Å². The van der Waals surface area contributed by atoms with Crippen molar-refractivity contribution in [2.24, 2.45) is 0 Å². The average Bonchev–Trinajstić information content (AvgIpc) is 3.06. The Labute approximate surface area is 155 Å². The largest absolute Gasteiger partial charge is 0.417 e. The summed E-state index contributed by atoms with van der Waals surface area (Å²) in [7, 11) is 0. The van der Waals surface area contributed by atoms with Gasteiger partial charge in [-0.15, -0.1) is 0 Å². The lowest BCUT2D eigenvalue weighted by atomic mass is 10.1. The molecule has 0 bridgehead atoms. The zero-order chi connectivity index (χ0) is 19.6. The zero-order valence-electron chi connectivity index (χ0n) is 13.3. The van der Waals surface area contributed by atoms with Crippen molar-refractivity contribution in [2.75, 3.05) is 5.43 Å². The first-order chi connectivity index (χ1) is 12.8. The third-order valence-electron chi connectivity index (χ3n) is 3.63. The van der Waals surface area contributed by atoms with Crippen molar-refractivity contribution >= 4 is 34.0 Å². The van der Waals surface area contributed by atoms with Gasteiger partial charge in [-0.3, -0.25) is 4.79 Å².